The Labute approximate surface area is 166 Å². The van der Waals surface area contributed by atoms with E-state index in [1.54, 1.807) is 12.5 Å². The number of methoxy groups -OCH3 is 1. The van der Waals surface area contributed by atoms with Gasteiger partial charge in [0.1, 0.15) is 6.10 Å². The summed E-state index contributed by atoms with van der Waals surface area (Å²) in [6, 6.07) is 2.01. The summed E-state index contributed by atoms with van der Waals surface area (Å²) in [6.45, 7) is 6.08. The summed E-state index contributed by atoms with van der Waals surface area (Å²) in [4.78, 5) is 24.6. The predicted molar refractivity (Wildman–Crippen MR) is 103 cm³/mol. The number of furan rings is 1. The van der Waals surface area contributed by atoms with Gasteiger partial charge in [-0.15, -0.1) is 0 Å². The standard InChI is InChI=1S/C23H30O5/c1-15-5-10-22-14-23(22,20(25)26-4)11-7-18(28-16(2)24)19(22)21(15,3)9-6-17-8-12-27-13-17/h7-8,11-13,15,18-19H,5-6,9-10,14H2,1-4H3. The second-order valence-corrected chi connectivity index (χ2v) is 9.28. The highest BCUT2D eigenvalue weighted by atomic mass is 16.5. The first-order valence-electron chi connectivity index (χ1n) is 10.3. The topological polar surface area (TPSA) is 65.7 Å². The Morgan fingerprint density at radius 1 is 1.36 bits per heavy atom. The molecule has 3 aliphatic rings. The van der Waals surface area contributed by atoms with Crippen LogP contribution in [0.25, 0.3) is 0 Å². The van der Waals surface area contributed by atoms with Gasteiger partial charge in [0, 0.05) is 12.8 Å². The van der Waals surface area contributed by atoms with Gasteiger partial charge in [0.15, 0.2) is 0 Å². The second kappa shape index (κ2) is 6.50. The molecule has 4 rings (SSSR count). The molecule has 5 nitrogen and oxygen atoms in total. The van der Waals surface area contributed by atoms with Crippen molar-refractivity contribution < 1.29 is 23.5 Å². The van der Waals surface area contributed by atoms with Crippen molar-refractivity contribution in [2.45, 2.75) is 59.0 Å². The predicted octanol–water partition coefficient (Wildman–Crippen LogP) is 4.32. The fourth-order valence-corrected chi connectivity index (χ4v) is 6.41. The van der Waals surface area contributed by atoms with E-state index in [-0.39, 0.29) is 34.8 Å². The molecule has 0 saturated heterocycles. The van der Waals surface area contributed by atoms with Gasteiger partial charge in [0.25, 0.3) is 0 Å². The quantitative estimate of drug-likeness (QED) is 0.557. The molecule has 1 spiro atoms. The lowest BCUT2D eigenvalue weighted by molar-refractivity contribution is -0.163. The van der Waals surface area contributed by atoms with E-state index >= 15 is 0 Å². The number of carbonyl (C=O) groups excluding carboxylic acids is 2. The largest absolute Gasteiger partial charge is 0.472 e. The zero-order valence-electron chi connectivity index (χ0n) is 17.2. The summed E-state index contributed by atoms with van der Waals surface area (Å²) in [5.74, 6) is 0.146. The van der Waals surface area contributed by atoms with Crippen LogP contribution < -0.4 is 0 Å². The molecule has 0 aromatic carbocycles. The van der Waals surface area contributed by atoms with Crippen LogP contribution in [0, 0.1) is 28.1 Å². The average molecular weight is 386 g/mol. The van der Waals surface area contributed by atoms with Crippen LogP contribution in [0.4, 0.5) is 0 Å². The fraction of sp³-hybridized carbons (Fsp3) is 0.652. The molecule has 0 amide bonds. The molecule has 152 valence electrons. The minimum atomic E-state index is -0.555. The van der Waals surface area contributed by atoms with Gasteiger partial charge in [0.05, 0.1) is 25.1 Å². The molecule has 0 aliphatic heterocycles. The fourth-order valence-electron chi connectivity index (χ4n) is 6.41. The lowest BCUT2D eigenvalue weighted by Gasteiger charge is -2.55. The molecule has 6 atom stereocenters. The van der Waals surface area contributed by atoms with Crippen LogP contribution >= 0.6 is 0 Å². The van der Waals surface area contributed by atoms with E-state index in [0.717, 1.165) is 32.1 Å². The van der Waals surface area contributed by atoms with Gasteiger partial charge in [-0.05, 0) is 66.6 Å². The van der Waals surface area contributed by atoms with Crippen LogP contribution in [0.1, 0.15) is 52.0 Å². The van der Waals surface area contributed by atoms with Gasteiger partial charge in [-0.2, -0.15) is 0 Å². The normalized spacial score (nSPS) is 40.9. The second-order valence-electron chi connectivity index (χ2n) is 9.28. The Hall–Kier alpha value is -2.04. The average Bonchev–Trinajstić information content (AvgIpc) is 3.04. The highest BCUT2D eigenvalue weighted by Crippen LogP contribution is 2.79. The molecule has 28 heavy (non-hydrogen) atoms. The molecule has 0 N–H and O–H groups in total. The zero-order chi connectivity index (χ0) is 20.2. The molecule has 1 heterocycles. The Balaban J connectivity index is 1.73. The number of carbonyl (C=O) groups is 2. The van der Waals surface area contributed by atoms with Gasteiger partial charge < -0.3 is 13.9 Å². The Kier molecular flexibility index (Phi) is 4.48. The molecule has 6 unspecified atom stereocenters. The van der Waals surface area contributed by atoms with Crippen molar-refractivity contribution in [3.05, 3.63) is 36.3 Å². The minimum absolute atomic E-state index is 0.0594. The van der Waals surface area contributed by atoms with Gasteiger partial charge in [0.2, 0.25) is 0 Å². The maximum Gasteiger partial charge on any atom is 0.316 e. The van der Waals surface area contributed by atoms with Crippen molar-refractivity contribution in [2.24, 2.45) is 28.1 Å². The van der Waals surface area contributed by atoms with E-state index in [1.807, 2.05) is 18.2 Å². The van der Waals surface area contributed by atoms with E-state index < -0.39 is 5.41 Å². The summed E-state index contributed by atoms with van der Waals surface area (Å²) < 4.78 is 16.2. The summed E-state index contributed by atoms with van der Waals surface area (Å²) in [5.41, 5.74) is 0.390. The lowest BCUT2D eigenvalue weighted by Crippen LogP contribution is -2.54. The van der Waals surface area contributed by atoms with Crippen molar-refractivity contribution in [1.82, 2.24) is 0 Å². The third-order valence-corrected chi connectivity index (χ3v) is 8.10. The van der Waals surface area contributed by atoms with Crippen molar-refractivity contribution in [3.8, 4) is 0 Å². The van der Waals surface area contributed by atoms with E-state index in [0.29, 0.717) is 5.92 Å². The van der Waals surface area contributed by atoms with E-state index in [1.165, 1.54) is 19.6 Å². The number of rotatable bonds is 5. The third-order valence-electron chi connectivity index (χ3n) is 8.10. The summed E-state index contributed by atoms with van der Waals surface area (Å²) in [5, 5.41) is 0. The number of aryl methyl sites for hydroxylation is 1. The van der Waals surface area contributed by atoms with Gasteiger partial charge in [-0.1, -0.05) is 19.9 Å². The molecule has 1 aromatic rings. The molecular formula is C23H30O5. The van der Waals surface area contributed by atoms with Gasteiger partial charge >= 0.3 is 11.9 Å². The molecule has 0 bridgehead atoms. The van der Waals surface area contributed by atoms with Crippen LogP contribution in [0.2, 0.25) is 0 Å². The van der Waals surface area contributed by atoms with Gasteiger partial charge in [-0.3, -0.25) is 9.59 Å². The smallest absolute Gasteiger partial charge is 0.316 e. The van der Waals surface area contributed by atoms with Crippen molar-refractivity contribution in [3.63, 3.8) is 0 Å². The van der Waals surface area contributed by atoms with Crippen LogP contribution in [-0.2, 0) is 25.5 Å². The number of ether oxygens (including phenoxy) is 2. The first-order valence-corrected chi connectivity index (χ1v) is 10.3. The van der Waals surface area contributed by atoms with E-state index in [9.17, 15) is 9.59 Å². The third kappa shape index (κ3) is 2.58. The molecule has 2 saturated carbocycles. The highest BCUT2D eigenvalue weighted by Gasteiger charge is 2.79. The monoisotopic (exact) mass is 386 g/mol. The van der Waals surface area contributed by atoms with Crippen LogP contribution in [0.3, 0.4) is 0 Å². The highest BCUT2D eigenvalue weighted by molar-refractivity contribution is 5.85. The number of hydrogen-bond donors (Lipinski definition) is 0. The van der Waals surface area contributed by atoms with Crippen molar-refractivity contribution in [1.29, 1.82) is 0 Å². The first-order chi connectivity index (χ1) is 13.3. The maximum atomic E-state index is 12.8. The first kappa shape index (κ1) is 19.3. The number of esters is 2. The lowest BCUT2D eigenvalue weighted by atomic mass is 9.50. The van der Waals surface area contributed by atoms with Crippen LogP contribution in [0.5, 0.6) is 0 Å². The Morgan fingerprint density at radius 2 is 2.14 bits per heavy atom. The summed E-state index contributed by atoms with van der Waals surface area (Å²) in [6.07, 6.45) is 11.8. The van der Waals surface area contributed by atoms with E-state index in [4.69, 9.17) is 13.9 Å². The minimum Gasteiger partial charge on any atom is -0.472 e. The SMILES string of the molecule is COC(=O)C12C=CC(OC(C)=O)C3C(C)(CCc4ccoc4)C(C)CCC31C2. The molecule has 5 heteroatoms. The van der Waals surface area contributed by atoms with Crippen LogP contribution in [-0.4, -0.2) is 25.2 Å². The Morgan fingerprint density at radius 3 is 2.79 bits per heavy atom. The molecular weight excluding hydrogens is 356 g/mol. The zero-order valence-corrected chi connectivity index (χ0v) is 17.2. The van der Waals surface area contributed by atoms with Crippen LogP contribution in [0.15, 0.2) is 35.2 Å². The molecule has 2 fully saturated rings. The molecule has 1 aromatic heterocycles. The summed E-state index contributed by atoms with van der Waals surface area (Å²) in [7, 11) is 1.47. The van der Waals surface area contributed by atoms with Crippen molar-refractivity contribution >= 4 is 11.9 Å². The molecule has 3 aliphatic carbocycles. The Bertz CT molecular complexity index is 796. The van der Waals surface area contributed by atoms with Crippen molar-refractivity contribution in [2.75, 3.05) is 7.11 Å². The summed E-state index contributed by atoms with van der Waals surface area (Å²) >= 11 is 0. The molecule has 0 radical (unpaired) electrons. The van der Waals surface area contributed by atoms with Gasteiger partial charge in [-0.25, -0.2) is 0 Å². The number of hydrogen-bond acceptors (Lipinski definition) is 5. The van der Waals surface area contributed by atoms with E-state index in [2.05, 4.69) is 13.8 Å². The maximum absolute atomic E-state index is 12.8.